The van der Waals surface area contributed by atoms with E-state index >= 15 is 0 Å². The van der Waals surface area contributed by atoms with Crippen LogP contribution in [0.5, 0.6) is 5.75 Å². The molecule has 68 heavy (non-hydrogen) atoms. The quantitative estimate of drug-likeness (QED) is 0.0177. The van der Waals surface area contributed by atoms with Crippen molar-refractivity contribution in [3.63, 3.8) is 0 Å². The van der Waals surface area contributed by atoms with Gasteiger partial charge in [-0.05, 0) is 64.3 Å². The summed E-state index contributed by atoms with van der Waals surface area (Å²) in [5, 5.41) is 21.4. The molecule has 0 radical (unpaired) electrons. The Morgan fingerprint density at radius 2 is 1.38 bits per heavy atom. The summed E-state index contributed by atoms with van der Waals surface area (Å²) in [6, 6.07) is 24.6. The Morgan fingerprint density at radius 1 is 0.750 bits per heavy atom. The molecule has 3 atom stereocenters. The van der Waals surface area contributed by atoms with Crippen molar-refractivity contribution in [3.8, 4) is 16.9 Å². The van der Waals surface area contributed by atoms with Crippen LogP contribution in [-0.2, 0) is 46.4 Å². The van der Waals surface area contributed by atoms with Crippen LogP contribution in [0.25, 0.3) is 11.1 Å². The molecule has 0 aromatic heterocycles. The molecule has 360 valence electrons. The first kappa shape index (κ1) is 51.3. The Hall–Kier alpha value is -7.67. The van der Waals surface area contributed by atoms with Crippen molar-refractivity contribution in [2.45, 2.75) is 71.1 Å². The molecule has 0 fully saturated rings. The van der Waals surface area contributed by atoms with E-state index in [2.05, 4.69) is 21.3 Å². The minimum atomic E-state index is -1.11. The number of carbonyl (C=O) groups excluding carboxylic acids is 7. The minimum absolute atomic E-state index is 0.00662. The number of hydrogen-bond donors (Lipinski definition) is 5. The van der Waals surface area contributed by atoms with Gasteiger partial charge in [-0.3, -0.25) is 29.3 Å². The van der Waals surface area contributed by atoms with Crippen LogP contribution < -0.4 is 31.7 Å². The average Bonchev–Trinajstić information content (AvgIpc) is 3.63. The van der Waals surface area contributed by atoms with Crippen molar-refractivity contribution in [1.82, 2.24) is 21.3 Å². The van der Waals surface area contributed by atoms with E-state index in [0.29, 0.717) is 11.1 Å². The summed E-state index contributed by atoms with van der Waals surface area (Å²) in [6.45, 7) is 4.68. The predicted octanol–water partition coefficient (Wildman–Crippen LogP) is 5.65. The number of non-ortho nitro benzene ring substituents is 1. The van der Waals surface area contributed by atoms with Gasteiger partial charge in [0, 0.05) is 56.8 Å². The maximum Gasteiger partial charge on any atom is 0.514 e. The number of nitrogens with two attached hydrogens (primary N) is 1. The number of nitrogens with one attached hydrogen (secondary N) is 4. The van der Waals surface area contributed by atoms with E-state index in [4.69, 9.17) is 24.7 Å². The van der Waals surface area contributed by atoms with Crippen LogP contribution in [0.15, 0.2) is 97.1 Å². The second-order valence-electron chi connectivity index (χ2n) is 16.4. The number of amides is 5. The van der Waals surface area contributed by atoms with Gasteiger partial charge in [0.25, 0.3) is 5.69 Å². The third-order valence-electron chi connectivity index (χ3n) is 11.2. The fourth-order valence-corrected chi connectivity index (χ4v) is 7.62. The number of Topliss-reactive ketones (excluding diaryl/α,β-unsaturated/α-hetero) is 2. The Kier molecular flexibility index (Phi) is 19.1. The molecule has 0 saturated heterocycles. The summed E-state index contributed by atoms with van der Waals surface area (Å²) in [6.07, 6.45) is -1.62. The van der Waals surface area contributed by atoms with E-state index in [1.165, 1.54) is 31.2 Å². The number of nitro benzene ring substituents is 1. The van der Waals surface area contributed by atoms with E-state index in [-0.39, 0.29) is 94.3 Å². The van der Waals surface area contributed by atoms with Gasteiger partial charge in [0.1, 0.15) is 25.0 Å². The summed E-state index contributed by atoms with van der Waals surface area (Å²) < 4.78 is 21.5. The van der Waals surface area contributed by atoms with Gasteiger partial charge in [0.15, 0.2) is 11.6 Å². The highest BCUT2D eigenvalue weighted by Crippen LogP contribution is 2.44. The molecule has 0 spiro atoms. The molecule has 0 unspecified atom stereocenters. The van der Waals surface area contributed by atoms with Gasteiger partial charge in [-0.2, -0.15) is 0 Å². The molecular weight excluding hydrogens is 881 g/mol. The van der Waals surface area contributed by atoms with Gasteiger partial charge in [-0.1, -0.05) is 86.6 Å². The molecule has 4 aromatic carbocycles. The van der Waals surface area contributed by atoms with Crippen molar-refractivity contribution in [3.05, 3.63) is 129 Å². The fraction of sp³-hybridized carbons (Fsp3) is 0.367. The summed E-state index contributed by atoms with van der Waals surface area (Å²) in [5.74, 6) is -3.20. The number of nitrogens with zero attached hydrogens (tertiary/aromatic N) is 1. The number of nitro groups is 1. The van der Waals surface area contributed by atoms with Crippen molar-refractivity contribution in [2.24, 2.45) is 17.6 Å². The fourth-order valence-electron chi connectivity index (χ4n) is 7.62. The molecule has 0 aliphatic heterocycles. The first-order valence-electron chi connectivity index (χ1n) is 22.1. The van der Waals surface area contributed by atoms with E-state index in [9.17, 15) is 43.7 Å². The summed E-state index contributed by atoms with van der Waals surface area (Å²) in [5.41, 5.74) is 10.6. The summed E-state index contributed by atoms with van der Waals surface area (Å²) in [4.78, 5) is 99.8. The van der Waals surface area contributed by atoms with E-state index in [1.54, 1.807) is 38.1 Å². The number of benzene rings is 4. The molecule has 5 amide bonds. The van der Waals surface area contributed by atoms with Gasteiger partial charge < -0.3 is 45.9 Å². The highest BCUT2D eigenvalue weighted by atomic mass is 16.7. The molecule has 6 N–H and O–H groups in total. The first-order valence-corrected chi connectivity index (χ1v) is 22.1. The third-order valence-corrected chi connectivity index (χ3v) is 11.2. The smallest absolute Gasteiger partial charge is 0.449 e. The van der Waals surface area contributed by atoms with Gasteiger partial charge in [0.05, 0.1) is 24.2 Å². The number of hydrogen-bond acceptors (Lipinski definition) is 13. The van der Waals surface area contributed by atoms with Gasteiger partial charge in [-0.25, -0.2) is 14.4 Å². The number of fused-ring (bicyclic) bond motifs is 3. The van der Waals surface area contributed by atoms with Crippen molar-refractivity contribution >= 4 is 47.3 Å². The van der Waals surface area contributed by atoms with Crippen molar-refractivity contribution in [2.75, 3.05) is 32.9 Å². The summed E-state index contributed by atoms with van der Waals surface area (Å²) >= 11 is 0. The Balaban J connectivity index is 1.10. The van der Waals surface area contributed by atoms with Crippen LogP contribution in [0.2, 0.25) is 0 Å². The monoisotopic (exact) mass is 936 g/mol. The van der Waals surface area contributed by atoms with Crippen molar-refractivity contribution < 1.29 is 57.4 Å². The number of primary amides is 1. The second kappa shape index (κ2) is 25.3. The van der Waals surface area contributed by atoms with Gasteiger partial charge >= 0.3 is 18.3 Å². The molecule has 1 aliphatic rings. The topological polar surface area (TPSA) is 274 Å². The molecule has 4 aromatic rings. The molecule has 1 aliphatic carbocycles. The first-order chi connectivity index (χ1) is 32.6. The third kappa shape index (κ3) is 15.5. The highest BCUT2D eigenvalue weighted by molar-refractivity contribution is 5.95. The lowest BCUT2D eigenvalue weighted by molar-refractivity contribution is -0.384. The van der Waals surface area contributed by atoms with E-state index in [1.807, 2.05) is 48.5 Å². The lowest BCUT2D eigenvalue weighted by Gasteiger charge is -2.26. The lowest BCUT2D eigenvalue weighted by Crippen LogP contribution is -2.48. The van der Waals surface area contributed by atoms with Crippen molar-refractivity contribution in [1.29, 1.82) is 0 Å². The van der Waals surface area contributed by atoms with Crippen LogP contribution in [-0.4, -0.2) is 91.6 Å². The average molecular weight is 937 g/mol. The van der Waals surface area contributed by atoms with Crippen LogP contribution >= 0.6 is 0 Å². The Morgan fingerprint density at radius 3 is 1.99 bits per heavy atom. The Bertz CT molecular complexity index is 2380. The van der Waals surface area contributed by atoms with E-state index < -0.39 is 58.8 Å². The zero-order chi connectivity index (χ0) is 49.2. The maximum atomic E-state index is 13.9. The molecule has 19 nitrogen and oxygen atoms in total. The number of urea groups is 1. The summed E-state index contributed by atoms with van der Waals surface area (Å²) in [7, 11) is 0. The zero-order valence-electron chi connectivity index (χ0n) is 38.0. The minimum Gasteiger partial charge on any atom is -0.449 e. The van der Waals surface area contributed by atoms with Crippen LogP contribution in [0, 0.1) is 22.0 Å². The molecule has 0 bridgehead atoms. The number of rotatable bonds is 25. The number of ketones is 2. The molecule has 5 rings (SSSR count). The Labute approximate surface area is 392 Å². The van der Waals surface area contributed by atoms with Crippen LogP contribution in [0.1, 0.15) is 68.2 Å². The zero-order valence-corrected chi connectivity index (χ0v) is 38.0. The lowest BCUT2D eigenvalue weighted by atomic mass is 9.87. The van der Waals surface area contributed by atoms with Gasteiger partial charge in [0.2, 0.25) is 11.8 Å². The number of ether oxygens (including phenoxy) is 4. The van der Waals surface area contributed by atoms with E-state index in [0.717, 1.165) is 22.3 Å². The molecular formula is C49H56N6O13. The molecule has 19 heteroatoms. The van der Waals surface area contributed by atoms with Crippen LogP contribution in [0.3, 0.4) is 0 Å². The van der Waals surface area contributed by atoms with Gasteiger partial charge in [-0.15, -0.1) is 0 Å². The second-order valence-corrected chi connectivity index (χ2v) is 16.4. The standard InChI is InChI=1S/C49H56N6O13/c1-30(2)40(26-45(58)43(53-31(3)56)29-65-24-23-52-48(61)66-28-41-38-11-6-4-9-36(38)37-10-5-7-12-39(37)41)46(59)54-42(13-8-22-51-47(50)60)44(57)25-32-14-16-33(17-15-32)27-67-49(62)68-35-20-18-34(19-21-35)55(63)64/h4-7,9-12,14-21,30,40-43H,8,13,22-29H2,1-3H3,(H,52,61)(H,53,56)(H,54,59)(H3,50,51,60)/t40-,42-,43-/m0/s1. The van der Waals surface area contributed by atoms with Crippen LogP contribution in [0.4, 0.5) is 20.1 Å². The SMILES string of the molecule is CC(=O)N[C@@H](COCCNC(=O)OCC1c2ccccc2-c2ccccc21)C(=O)C[C@H](C(=O)N[C@@H](CCCNC(N)=O)C(=O)Cc1ccc(COC(=O)Oc2ccc([N+](=O)[O-])cc2)cc1)C(C)C. The number of alkyl carbamates (subject to hydrolysis) is 1. The predicted molar refractivity (Wildman–Crippen MR) is 247 cm³/mol. The highest BCUT2D eigenvalue weighted by Gasteiger charge is 2.33. The molecule has 0 saturated carbocycles. The largest absolute Gasteiger partial charge is 0.514 e. The maximum absolute atomic E-state index is 13.9. The normalized spacial score (nSPS) is 12.9. The molecule has 0 heterocycles. The number of carbonyl (C=O) groups is 7.